The van der Waals surface area contributed by atoms with E-state index in [-0.39, 0.29) is 46.2 Å². The average molecular weight is 470 g/mol. The number of halogens is 3. The summed E-state index contributed by atoms with van der Waals surface area (Å²) in [6, 6.07) is 1.68. The van der Waals surface area contributed by atoms with Crippen LogP contribution in [0.2, 0.25) is 0 Å². The van der Waals surface area contributed by atoms with Gasteiger partial charge in [0.15, 0.2) is 23.2 Å². The molecule has 0 unspecified atom stereocenters. The second-order valence-electron chi connectivity index (χ2n) is 8.34. The van der Waals surface area contributed by atoms with Crippen molar-refractivity contribution in [3.8, 4) is 11.4 Å². The second kappa shape index (κ2) is 8.76. The van der Waals surface area contributed by atoms with Crippen LogP contribution in [0.3, 0.4) is 0 Å². The van der Waals surface area contributed by atoms with Gasteiger partial charge in [0.2, 0.25) is 0 Å². The number of fused-ring (bicyclic) bond motifs is 1. The first kappa shape index (κ1) is 21.9. The van der Waals surface area contributed by atoms with Gasteiger partial charge in [0, 0.05) is 35.3 Å². The summed E-state index contributed by atoms with van der Waals surface area (Å²) in [7, 11) is 0. The Morgan fingerprint density at radius 1 is 1.12 bits per heavy atom. The maximum absolute atomic E-state index is 14.5. The highest BCUT2D eigenvalue weighted by molar-refractivity contribution is 5.94. The molecule has 1 fully saturated rings. The summed E-state index contributed by atoms with van der Waals surface area (Å²) in [6.07, 6.45) is 5.41. The molecule has 0 aliphatic heterocycles. The van der Waals surface area contributed by atoms with E-state index < -0.39 is 17.5 Å². The summed E-state index contributed by atoms with van der Waals surface area (Å²) in [6.45, 7) is 1.69. The Morgan fingerprint density at radius 3 is 2.74 bits per heavy atom. The normalized spacial score (nSPS) is 18.2. The van der Waals surface area contributed by atoms with Crippen LogP contribution in [0.25, 0.3) is 22.3 Å². The van der Waals surface area contributed by atoms with Gasteiger partial charge in [-0.25, -0.2) is 23.1 Å². The molecule has 1 aliphatic rings. The van der Waals surface area contributed by atoms with Gasteiger partial charge in [-0.1, -0.05) is 0 Å². The summed E-state index contributed by atoms with van der Waals surface area (Å²) in [5.74, 6) is -2.32. The molecule has 3 aromatic heterocycles. The molecule has 176 valence electrons. The van der Waals surface area contributed by atoms with Crippen LogP contribution in [0.15, 0.2) is 24.5 Å². The van der Waals surface area contributed by atoms with E-state index in [0.717, 1.165) is 31.5 Å². The van der Waals surface area contributed by atoms with E-state index in [2.05, 4.69) is 41.0 Å². The number of carbonyl (C=O) groups excluding carboxylic acids is 1. The Bertz CT molecular complexity index is 1370. The molecule has 5 rings (SSSR count). The van der Waals surface area contributed by atoms with Gasteiger partial charge in [-0.2, -0.15) is 15.4 Å². The van der Waals surface area contributed by atoms with Crippen LogP contribution in [0.4, 0.5) is 19.0 Å². The monoisotopic (exact) mass is 470 g/mol. The fourth-order valence-electron chi connectivity index (χ4n) is 4.34. The summed E-state index contributed by atoms with van der Waals surface area (Å²) >= 11 is 0. The minimum atomic E-state index is -0.738. The molecular weight excluding hydrogens is 449 g/mol. The smallest absolute Gasteiger partial charge is 0.273 e. The van der Waals surface area contributed by atoms with E-state index in [1.54, 1.807) is 6.92 Å². The van der Waals surface area contributed by atoms with Crippen molar-refractivity contribution in [3.05, 3.63) is 53.4 Å². The van der Waals surface area contributed by atoms with Gasteiger partial charge < -0.3 is 15.6 Å². The Balaban J connectivity index is 1.33. The first-order valence-corrected chi connectivity index (χ1v) is 10.8. The number of aromatic amines is 2. The van der Waals surface area contributed by atoms with E-state index in [4.69, 9.17) is 0 Å². The maximum atomic E-state index is 14.5. The molecule has 9 nitrogen and oxygen atoms in total. The third-order valence-electron chi connectivity index (χ3n) is 5.98. The SMILES string of the molecule is Cc1n[nH]nc1C(=O)N[C@@H]1CCC[C@H](Nc2nc(-c3c[nH]c4c(F)cc(F)cc34)ncc2F)C1. The van der Waals surface area contributed by atoms with Gasteiger partial charge in [-0.15, -0.1) is 0 Å². The van der Waals surface area contributed by atoms with Crippen molar-refractivity contribution in [2.75, 3.05) is 5.32 Å². The third-order valence-corrected chi connectivity index (χ3v) is 5.98. The Morgan fingerprint density at radius 2 is 1.94 bits per heavy atom. The quantitative estimate of drug-likeness (QED) is 0.353. The highest BCUT2D eigenvalue weighted by atomic mass is 19.1. The number of hydrogen-bond acceptors (Lipinski definition) is 6. The average Bonchev–Trinajstić information content (AvgIpc) is 3.42. The molecule has 1 saturated carbocycles. The summed E-state index contributed by atoms with van der Waals surface area (Å²) < 4.78 is 42.3. The Kier molecular flexibility index (Phi) is 5.64. The molecule has 1 aromatic carbocycles. The number of amides is 1. The predicted molar refractivity (Wildman–Crippen MR) is 117 cm³/mol. The number of H-pyrrole nitrogens is 2. The zero-order chi connectivity index (χ0) is 23.8. The first-order chi connectivity index (χ1) is 16.4. The molecule has 1 aliphatic carbocycles. The molecule has 34 heavy (non-hydrogen) atoms. The summed E-state index contributed by atoms with van der Waals surface area (Å²) in [5, 5.41) is 16.5. The number of rotatable bonds is 5. The molecule has 12 heteroatoms. The topological polar surface area (TPSA) is 124 Å². The van der Waals surface area contributed by atoms with Crippen molar-refractivity contribution in [2.24, 2.45) is 0 Å². The molecule has 3 heterocycles. The van der Waals surface area contributed by atoms with Gasteiger partial charge in [0.1, 0.15) is 11.6 Å². The van der Waals surface area contributed by atoms with E-state index in [9.17, 15) is 18.0 Å². The number of carbonyl (C=O) groups is 1. The van der Waals surface area contributed by atoms with Crippen molar-refractivity contribution >= 4 is 22.6 Å². The summed E-state index contributed by atoms with van der Waals surface area (Å²) in [4.78, 5) is 23.5. The van der Waals surface area contributed by atoms with Gasteiger partial charge in [-0.05, 0) is 38.7 Å². The zero-order valence-electron chi connectivity index (χ0n) is 18.1. The number of benzene rings is 1. The lowest BCUT2D eigenvalue weighted by molar-refractivity contribution is 0.0920. The number of anilines is 1. The van der Waals surface area contributed by atoms with E-state index in [1.807, 2.05) is 0 Å². The maximum Gasteiger partial charge on any atom is 0.273 e. The van der Waals surface area contributed by atoms with Gasteiger partial charge >= 0.3 is 0 Å². The van der Waals surface area contributed by atoms with Crippen LogP contribution in [0, 0.1) is 24.4 Å². The highest BCUT2D eigenvalue weighted by Crippen LogP contribution is 2.30. The van der Waals surface area contributed by atoms with Gasteiger partial charge in [0.25, 0.3) is 5.91 Å². The minimum Gasteiger partial charge on any atom is -0.365 e. The fourth-order valence-corrected chi connectivity index (χ4v) is 4.34. The Labute approximate surface area is 191 Å². The van der Waals surface area contributed by atoms with Crippen molar-refractivity contribution < 1.29 is 18.0 Å². The number of nitrogens with zero attached hydrogens (tertiary/aromatic N) is 4. The molecule has 0 saturated heterocycles. The molecular formula is C22H21F3N8O. The number of aryl methyl sites for hydroxylation is 1. The number of aromatic nitrogens is 6. The van der Waals surface area contributed by atoms with E-state index in [1.165, 1.54) is 12.3 Å². The zero-order valence-corrected chi connectivity index (χ0v) is 18.1. The van der Waals surface area contributed by atoms with Gasteiger partial charge in [0.05, 0.1) is 17.4 Å². The van der Waals surface area contributed by atoms with Crippen molar-refractivity contribution in [2.45, 2.75) is 44.7 Å². The summed E-state index contributed by atoms with van der Waals surface area (Å²) in [5.41, 5.74) is 1.23. The number of nitrogens with one attached hydrogen (secondary N) is 4. The fraction of sp³-hybridized carbons (Fsp3) is 0.318. The lowest BCUT2D eigenvalue weighted by Gasteiger charge is -2.30. The molecule has 0 spiro atoms. The lowest BCUT2D eigenvalue weighted by atomic mass is 9.91. The molecule has 0 bridgehead atoms. The largest absolute Gasteiger partial charge is 0.365 e. The molecule has 2 atom stereocenters. The van der Waals surface area contributed by atoms with Crippen molar-refractivity contribution in [1.29, 1.82) is 0 Å². The standard InChI is InChI=1S/C22H21F3N8O/c1-10-18(32-33-31-10)22(34)29-13-4-2-3-12(7-13)28-21-17(25)9-27-20(30-21)15-8-26-19-14(15)5-11(23)6-16(19)24/h5-6,8-9,12-13,26H,2-4,7H2,1H3,(H,29,34)(H,27,28,30)(H,31,32,33)/t12-,13+/m0/s1. The number of hydrogen-bond donors (Lipinski definition) is 4. The Hall–Kier alpha value is -3.96. The van der Waals surface area contributed by atoms with Crippen LogP contribution in [-0.4, -0.2) is 48.4 Å². The van der Waals surface area contributed by atoms with Crippen LogP contribution in [0.1, 0.15) is 41.9 Å². The molecule has 1 amide bonds. The first-order valence-electron chi connectivity index (χ1n) is 10.8. The molecule has 0 radical (unpaired) electrons. The second-order valence-corrected chi connectivity index (χ2v) is 8.34. The van der Waals surface area contributed by atoms with Crippen LogP contribution < -0.4 is 10.6 Å². The molecule has 4 N–H and O–H groups in total. The lowest BCUT2D eigenvalue weighted by Crippen LogP contribution is -2.42. The molecule has 4 aromatic rings. The van der Waals surface area contributed by atoms with E-state index in [0.29, 0.717) is 17.7 Å². The van der Waals surface area contributed by atoms with Gasteiger partial charge in [-0.3, -0.25) is 4.79 Å². The van der Waals surface area contributed by atoms with Crippen LogP contribution in [-0.2, 0) is 0 Å². The predicted octanol–water partition coefficient (Wildman–Crippen LogP) is 3.62. The van der Waals surface area contributed by atoms with Crippen LogP contribution in [0.5, 0.6) is 0 Å². The van der Waals surface area contributed by atoms with Crippen molar-refractivity contribution in [3.63, 3.8) is 0 Å². The minimum absolute atomic E-state index is 0.0134. The third kappa shape index (κ3) is 4.18. The van der Waals surface area contributed by atoms with Crippen LogP contribution >= 0.6 is 0 Å². The van der Waals surface area contributed by atoms with Crippen molar-refractivity contribution in [1.82, 2.24) is 35.7 Å². The highest BCUT2D eigenvalue weighted by Gasteiger charge is 2.26. The van der Waals surface area contributed by atoms with E-state index >= 15 is 0 Å².